The lowest BCUT2D eigenvalue weighted by atomic mass is 9.41. The highest BCUT2D eigenvalue weighted by Crippen LogP contribution is 2.70. The largest absolute Gasteiger partial charge is 0.459 e. The van der Waals surface area contributed by atoms with Crippen LogP contribution in [-0.4, -0.2) is 80.9 Å². The number of rotatable bonds is 9. The number of methoxy groups -OCH3 is 1. The lowest BCUT2D eigenvalue weighted by Gasteiger charge is -2.66. The van der Waals surface area contributed by atoms with Gasteiger partial charge in [0.1, 0.15) is 6.10 Å². The van der Waals surface area contributed by atoms with E-state index in [1.807, 2.05) is 13.8 Å². The van der Waals surface area contributed by atoms with Crippen molar-refractivity contribution in [1.82, 2.24) is 0 Å². The van der Waals surface area contributed by atoms with E-state index in [4.69, 9.17) is 9.47 Å². The Labute approximate surface area is 282 Å². The van der Waals surface area contributed by atoms with Gasteiger partial charge in [0, 0.05) is 30.9 Å². The summed E-state index contributed by atoms with van der Waals surface area (Å²) in [4.78, 5) is 13.4. The van der Waals surface area contributed by atoms with Gasteiger partial charge >= 0.3 is 12.1 Å². The molecule has 8 nitrogen and oxygen atoms in total. The van der Waals surface area contributed by atoms with Crippen molar-refractivity contribution in [2.45, 2.75) is 134 Å². The van der Waals surface area contributed by atoms with E-state index in [-0.39, 0.29) is 35.7 Å². The quantitative estimate of drug-likeness (QED) is 0.226. The molecule has 0 spiro atoms. The van der Waals surface area contributed by atoms with Crippen LogP contribution in [0.25, 0.3) is 0 Å². The van der Waals surface area contributed by atoms with E-state index < -0.39 is 76.5 Å². The average molecular weight is 685 g/mol. The highest BCUT2D eigenvalue weighted by atomic mass is 19.4. The van der Waals surface area contributed by atoms with Gasteiger partial charge in [-0.3, -0.25) is 0 Å². The van der Waals surface area contributed by atoms with Crippen LogP contribution >= 0.6 is 0 Å². The third-order valence-electron chi connectivity index (χ3n) is 13.6. The van der Waals surface area contributed by atoms with Crippen molar-refractivity contribution in [1.29, 1.82) is 0 Å². The van der Waals surface area contributed by atoms with Crippen LogP contribution in [0.15, 0.2) is 30.3 Å². The molecule has 5 rings (SSSR count). The van der Waals surface area contributed by atoms with E-state index in [1.165, 1.54) is 24.3 Å². The highest BCUT2D eigenvalue weighted by Gasteiger charge is 2.72. The molecule has 48 heavy (non-hydrogen) atoms. The Bertz CT molecular complexity index is 1290. The van der Waals surface area contributed by atoms with Crippen LogP contribution < -0.4 is 0 Å². The van der Waals surface area contributed by atoms with Gasteiger partial charge in [0.15, 0.2) is 0 Å². The molecule has 0 heterocycles. The molecule has 4 saturated carbocycles. The van der Waals surface area contributed by atoms with Gasteiger partial charge in [-0.15, -0.1) is 0 Å². The number of hydrogen-bond donors (Lipinski definition) is 5. The Morgan fingerprint density at radius 1 is 0.938 bits per heavy atom. The van der Waals surface area contributed by atoms with Gasteiger partial charge in [-0.2, -0.15) is 13.2 Å². The van der Waals surface area contributed by atoms with Gasteiger partial charge < -0.3 is 35.0 Å². The molecule has 0 radical (unpaired) electrons. The highest BCUT2D eigenvalue weighted by molar-refractivity contribution is 5.82. The first-order valence-electron chi connectivity index (χ1n) is 17.6. The van der Waals surface area contributed by atoms with Crippen LogP contribution in [0.3, 0.4) is 0 Å². The minimum Gasteiger partial charge on any atom is -0.459 e. The number of aliphatic hydroxyl groups is 5. The predicted molar refractivity (Wildman–Crippen MR) is 171 cm³/mol. The molecule has 0 amide bonds. The Hall–Kier alpha value is -1.76. The predicted octanol–water partition coefficient (Wildman–Crippen LogP) is 5.12. The number of fused-ring (bicyclic) bond motifs is 5. The number of aliphatic hydroxyl groups excluding tert-OH is 4. The Balaban J connectivity index is 1.34. The molecule has 1 aromatic carbocycles. The van der Waals surface area contributed by atoms with Gasteiger partial charge in [-0.05, 0) is 79.4 Å². The van der Waals surface area contributed by atoms with E-state index in [2.05, 4.69) is 6.92 Å². The third-order valence-corrected chi connectivity index (χ3v) is 13.6. The van der Waals surface area contributed by atoms with Crippen molar-refractivity contribution in [3.8, 4) is 0 Å². The standard InChI is InChI=1S/C37H55F3O8/c1-20(2)27(48-32(45)36(47-6,37(38,39)40)22-10-8-7-9-11-22)13-12-21(3)23-18-25(42)31-33(23,4)17-15-28-34(5)16-14-24(41)30(44)29(34)26(43)19-35(28,31)46/h7-11,20-21,23-31,41-44,46H,12-19H2,1-6H3/t21-,23-,24+,25?,26?,27+,28-,29?,30+,31?,33-,34-,35+,36-/m1/s1. The fraction of sp³-hybridized carbons (Fsp3) is 0.811. The third kappa shape index (κ3) is 5.72. The minimum absolute atomic E-state index is 0.00731. The number of alkyl halides is 3. The first-order chi connectivity index (χ1) is 22.3. The number of esters is 1. The van der Waals surface area contributed by atoms with Crippen molar-refractivity contribution in [2.24, 2.45) is 46.3 Å². The number of carbonyl (C=O) groups excluding carboxylic acids is 1. The average Bonchev–Trinajstić information content (AvgIpc) is 3.28. The molecule has 0 aliphatic heterocycles. The summed E-state index contributed by atoms with van der Waals surface area (Å²) in [6, 6.07) is 6.77. The molecule has 0 bridgehead atoms. The summed E-state index contributed by atoms with van der Waals surface area (Å²) in [7, 11) is 0.852. The normalized spacial score (nSPS) is 42.2. The second-order valence-corrected chi connectivity index (χ2v) is 16.4. The molecule has 4 aliphatic carbocycles. The van der Waals surface area contributed by atoms with Crippen molar-refractivity contribution >= 4 is 5.97 Å². The van der Waals surface area contributed by atoms with E-state index >= 15 is 0 Å². The van der Waals surface area contributed by atoms with E-state index in [0.717, 1.165) is 13.5 Å². The van der Waals surface area contributed by atoms with Crippen LogP contribution in [0.2, 0.25) is 0 Å². The van der Waals surface area contributed by atoms with E-state index in [9.17, 15) is 43.5 Å². The monoisotopic (exact) mass is 684 g/mol. The summed E-state index contributed by atoms with van der Waals surface area (Å²) >= 11 is 0. The number of halogens is 3. The van der Waals surface area contributed by atoms with Crippen LogP contribution in [0.5, 0.6) is 0 Å². The van der Waals surface area contributed by atoms with Gasteiger partial charge in [0.25, 0.3) is 5.60 Å². The van der Waals surface area contributed by atoms with Gasteiger partial charge in [0.2, 0.25) is 0 Å². The van der Waals surface area contributed by atoms with E-state index in [0.29, 0.717) is 38.5 Å². The topological polar surface area (TPSA) is 137 Å². The maximum atomic E-state index is 14.5. The molecule has 1 aromatic rings. The fourth-order valence-electron chi connectivity index (χ4n) is 11.3. The summed E-state index contributed by atoms with van der Waals surface area (Å²) in [5.74, 6) is -3.22. The molecular weight excluding hydrogens is 629 g/mol. The van der Waals surface area contributed by atoms with Crippen LogP contribution in [0.1, 0.15) is 91.5 Å². The van der Waals surface area contributed by atoms with Crippen molar-refractivity contribution in [3.63, 3.8) is 0 Å². The second-order valence-electron chi connectivity index (χ2n) is 16.4. The van der Waals surface area contributed by atoms with Gasteiger partial charge in [-0.25, -0.2) is 4.79 Å². The molecule has 5 N–H and O–H groups in total. The smallest absolute Gasteiger partial charge is 0.432 e. The first-order valence-corrected chi connectivity index (χ1v) is 17.6. The molecule has 272 valence electrons. The van der Waals surface area contributed by atoms with Crippen LogP contribution in [0, 0.1) is 46.3 Å². The summed E-state index contributed by atoms with van der Waals surface area (Å²) < 4.78 is 54.2. The lowest BCUT2D eigenvalue weighted by molar-refractivity contribution is -0.281. The molecule has 11 heteroatoms. The molecular formula is C37H55F3O8. The molecule has 4 aliphatic rings. The molecule has 14 atom stereocenters. The summed E-state index contributed by atoms with van der Waals surface area (Å²) in [6.45, 7) is 9.73. The van der Waals surface area contributed by atoms with Crippen LogP contribution in [-0.2, 0) is 19.9 Å². The lowest BCUT2D eigenvalue weighted by Crippen LogP contribution is -2.70. The number of ether oxygens (including phenoxy) is 2. The summed E-state index contributed by atoms with van der Waals surface area (Å²) in [6.07, 6.45) is -6.24. The van der Waals surface area contributed by atoms with Gasteiger partial charge in [-0.1, -0.05) is 65.0 Å². The van der Waals surface area contributed by atoms with Crippen LogP contribution in [0.4, 0.5) is 13.2 Å². The Kier molecular flexibility index (Phi) is 10.2. The first kappa shape index (κ1) is 37.5. The second kappa shape index (κ2) is 13.1. The molecule has 0 aromatic heterocycles. The van der Waals surface area contributed by atoms with Gasteiger partial charge in [0.05, 0.1) is 30.0 Å². The minimum atomic E-state index is -5.07. The zero-order chi connectivity index (χ0) is 35.6. The molecule has 4 fully saturated rings. The maximum absolute atomic E-state index is 14.5. The number of hydrogen-bond acceptors (Lipinski definition) is 8. The zero-order valence-electron chi connectivity index (χ0n) is 29.0. The number of benzene rings is 1. The zero-order valence-corrected chi connectivity index (χ0v) is 29.0. The van der Waals surface area contributed by atoms with E-state index in [1.54, 1.807) is 19.9 Å². The Morgan fingerprint density at radius 3 is 2.15 bits per heavy atom. The van der Waals surface area contributed by atoms with Crippen molar-refractivity contribution < 1.29 is 53.0 Å². The number of carbonyl (C=O) groups is 1. The molecule has 0 saturated heterocycles. The SMILES string of the molecule is CO[C@@](C(=O)O[C@@H](CC[C@@H](C)[C@H]1CC(O)C2[C@]1(C)CC[C@@H]1[C@@]3(C)CC[C@H](O)[C@H](O)C3C(O)C[C@@]21O)C(C)C)(c1ccccc1)C(F)(F)F. The Morgan fingerprint density at radius 2 is 1.56 bits per heavy atom. The fourth-order valence-corrected chi connectivity index (χ4v) is 11.3. The summed E-state index contributed by atoms with van der Waals surface area (Å²) in [5.41, 5.74) is -6.11. The van der Waals surface area contributed by atoms with Crippen molar-refractivity contribution in [3.05, 3.63) is 35.9 Å². The maximum Gasteiger partial charge on any atom is 0.432 e. The summed E-state index contributed by atoms with van der Waals surface area (Å²) in [5, 5.41) is 56.9. The molecule has 4 unspecified atom stereocenters. The van der Waals surface area contributed by atoms with Crippen molar-refractivity contribution in [2.75, 3.05) is 7.11 Å².